The largest absolute Gasteiger partial charge is 0.493 e. The zero-order valence-corrected chi connectivity index (χ0v) is 13.0. The molecule has 0 saturated heterocycles. The molecule has 1 atom stereocenters. The molecule has 0 saturated carbocycles. The van der Waals surface area contributed by atoms with E-state index in [4.69, 9.17) is 13.9 Å². The molecule has 0 aliphatic rings. The summed E-state index contributed by atoms with van der Waals surface area (Å²) in [4.78, 5) is 16.0. The van der Waals surface area contributed by atoms with Gasteiger partial charge in [0.05, 0.1) is 13.7 Å². The van der Waals surface area contributed by atoms with E-state index >= 15 is 0 Å². The van der Waals surface area contributed by atoms with Gasteiger partial charge in [-0.2, -0.15) is 0 Å². The summed E-state index contributed by atoms with van der Waals surface area (Å²) in [6, 6.07) is 7.38. The predicted octanol–water partition coefficient (Wildman–Crippen LogP) is 2.44. The number of nitrogens with zero attached hydrogens (tertiary/aromatic N) is 1. The van der Waals surface area contributed by atoms with Crippen LogP contribution in [0.3, 0.4) is 0 Å². The van der Waals surface area contributed by atoms with Gasteiger partial charge in [-0.05, 0) is 19.1 Å². The van der Waals surface area contributed by atoms with Crippen LogP contribution in [0.4, 0.5) is 0 Å². The Morgan fingerprint density at radius 1 is 1.36 bits per heavy atom. The first-order valence-corrected chi connectivity index (χ1v) is 7.16. The van der Waals surface area contributed by atoms with Crippen LogP contribution >= 0.6 is 0 Å². The Morgan fingerprint density at radius 3 is 2.77 bits per heavy atom. The Balaban J connectivity index is 1.90. The molecule has 118 valence electrons. The lowest BCUT2D eigenvalue weighted by molar-refractivity contribution is 0.0925. The summed E-state index contributed by atoms with van der Waals surface area (Å²) in [5.41, 5.74) is 0.326. The van der Waals surface area contributed by atoms with Crippen LogP contribution in [0.25, 0.3) is 0 Å². The number of oxazole rings is 1. The molecule has 22 heavy (non-hydrogen) atoms. The number of ether oxygens (including phenoxy) is 2. The molecule has 0 aliphatic heterocycles. The highest BCUT2D eigenvalue weighted by Crippen LogP contribution is 2.26. The van der Waals surface area contributed by atoms with Crippen molar-refractivity contribution >= 4 is 5.91 Å². The first kappa shape index (κ1) is 15.9. The smallest absolute Gasteiger partial charge is 0.273 e. The van der Waals surface area contributed by atoms with Gasteiger partial charge in [0.2, 0.25) is 0 Å². The molecule has 0 unspecified atom stereocenters. The van der Waals surface area contributed by atoms with Crippen molar-refractivity contribution in [2.24, 2.45) is 0 Å². The van der Waals surface area contributed by atoms with Crippen molar-refractivity contribution in [1.82, 2.24) is 10.3 Å². The summed E-state index contributed by atoms with van der Waals surface area (Å²) in [5.74, 6) is 1.62. The fourth-order valence-electron chi connectivity index (χ4n) is 2.00. The van der Waals surface area contributed by atoms with Crippen molar-refractivity contribution in [1.29, 1.82) is 0 Å². The molecule has 1 aromatic carbocycles. The molecule has 2 aromatic rings. The topological polar surface area (TPSA) is 73.6 Å². The summed E-state index contributed by atoms with van der Waals surface area (Å²) in [7, 11) is 1.59. The van der Waals surface area contributed by atoms with Crippen LogP contribution < -0.4 is 14.8 Å². The number of hydrogen-bond donors (Lipinski definition) is 1. The van der Waals surface area contributed by atoms with E-state index in [0.29, 0.717) is 35.9 Å². The molecule has 6 nitrogen and oxygen atoms in total. The average molecular weight is 304 g/mol. The molecule has 0 fully saturated rings. The van der Waals surface area contributed by atoms with Gasteiger partial charge < -0.3 is 19.2 Å². The van der Waals surface area contributed by atoms with Crippen LogP contribution in [0.15, 0.2) is 35.1 Å². The summed E-state index contributed by atoms with van der Waals surface area (Å²) in [5, 5.41) is 2.79. The number of amides is 1. The molecule has 6 heteroatoms. The van der Waals surface area contributed by atoms with Gasteiger partial charge in [0.15, 0.2) is 23.6 Å². The highest BCUT2D eigenvalue weighted by Gasteiger charge is 2.16. The zero-order valence-electron chi connectivity index (χ0n) is 13.0. The fraction of sp³-hybridized carbons (Fsp3) is 0.375. The van der Waals surface area contributed by atoms with Crippen LogP contribution in [-0.2, 0) is 6.42 Å². The van der Waals surface area contributed by atoms with Crippen molar-refractivity contribution < 1.29 is 18.7 Å². The number of nitrogens with one attached hydrogen (secondary N) is 1. The molecular weight excluding hydrogens is 284 g/mol. The van der Waals surface area contributed by atoms with Crippen LogP contribution in [0.5, 0.6) is 11.5 Å². The number of carbonyl (C=O) groups excluding carboxylic acids is 1. The maximum atomic E-state index is 12.1. The van der Waals surface area contributed by atoms with Gasteiger partial charge in [0, 0.05) is 6.42 Å². The van der Waals surface area contributed by atoms with E-state index in [1.807, 2.05) is 38.1 Å². The van der Waals surface area contributed by atoms with E-state index in [1.54, 1.807) is 7.11 Å². The lowest BCUT2D eigenvalue weighted by Crippen LogP contribution is -2.34. The molecule has 0 aliphatic carbocycles. The van der Waals surface area contributed by atoms with E-state index in [1.165, 1.54) is 6.39 Å². The first-order valence-electron chi connectivity index (χ1n) is 7.16. The Bertz CT molecular complexity index is 624. The lowest BCUT2D eigenvalue weighted by Gasteiger charge is -2.17. The standard InChI is InChI=1S/C16H20N2O4/c1-4-12-15(18-10-21-12)16(19)17-9-11(2)22-14-8-6-5-7-13(14)20-3/h5-8,10-11H,4,9H2,1-3H3,(H,17,19)/t11-/m0/s1. The number of rotatable bonds is 7. The van der Waals surface area contributed by atoms with Gasteiger partial charge in [-0.3, -0.25) is 4.79 Å². The molecule has 1 amide bonds. The number of para-hydroxylation sites is 2. The third-order valence-corrected chi connectivity index (χ3v) is 3.12. The third-order valence-electron chi connectivity index (χ3n) is 3.12. The van der Waals surface area contributed by atoms with E-state index in [2.05, 4.69) is 10.3 Å². The number of methoxy groups -OCH3 is 1. The minimum absolute atomic E-state index is 0.211. The molecular formula is C16H20N2O4. The van der Waals surface area contributed by atoms with Crippen molar-refractivity contribution in [2.45, 2.75) is 26.4 Å². The molecule has 0 radical (unpaired) electrons. The van der Waals surface area contributed by atoms with Crippen LogP contribution in [0.2, 0.25) is 0 Å². The van der Waals surface area contributed by atoms with Crippen molar-refractivity contribution in [2.75, 3.05) is 13.7 Å². The summed E-state index contributed by atoms with van der Waals surface area (Å²) < 4.78 is 16.2. The van der Waals surface area contributed by atoms with Gasteiger partial charge in [-0.25, -0.2) is 4.98 Å². The second kappa shape index (κ2) is 7.49. The summed E-state index contributed by atoms with van der Waals surface area (Å²) in [6.45, 7) is 4.13. The van der Waals surface area contributed by atoms with Crippen molar-refractivity contribution in [3.63, 3.8) is 0 Å². The van der Waals surface area contributed by atoms with E-state index in [9.17, 15) is 4.79 Å². The Labute approximate surface area is 129 Å². The van der Waals surface area contributed by atoms with Crippen LogP contribution in [-0.4, -0.2) is 30.6 Å². The Morgan fingerprint density at radius 2 is 2.09 bits per heavy atom. The maximum absolute atomic E-state index is 12.1. The van der Waals surface area contributed by atoms with Gasteiger partial charge in [-0.1, -0.05) is 19.1 Å². The number of aromatic nitrogens is 1. The Hall–Kier alpha value is -2.50. The van der Waals surface area contributed by atoms with Gasteiger partial charge >= 0.3 is 0 Å². The second-order valence-corrected chi connectivity index (χ2v) is 4.77. The number of benzene rings is 1. The molecule has 0 bridgehead atoms. The SMILES string of the molecule is CCc1ocnc1C(=O)NC[C@H](C)Oc1ccccc1OC. The maximum Gasteiger partial charge on any atom is 0.273 e. The van der Waals surface area contributed by atoms with Crippen molar-refractivity contribution in [3.8, 4) is 11.5 Å². The van der Waals surface area contributed by atoms with Gasteiger partial charge in [-0.15, -0.1) is 0 Å². The third kappa shape index (κ3) is 3.78. The van der Waals surface area contributed by atoms with Crippen LogP contribution in [0, 0.1) is 0 Å². The zero-order chi connectivity index (χ0) is 15.9. The first-order chi connectivity index (χ1) is 10.7. The van der Waals surface area contributed by atoms with Crippen molar-refractivity contribution in [3.05, 3.63) is 42.1 Å². The minimum atomic E-state index is -0.263. The molecule has 0 spiro atoms. The predicted molar refractivity (Wildman–Crippen MR) is 81.3 cm³/mol. The minimum Gasteiger partial charge on any atom is -0.493 e. The molecule has 1 heterocycles. The van der Waals surface area contributed by atoms with E-state index in [-0.39, 0.29) is 12.0 Å². The summed E-state index contributed by atoms with van der Waals surface area (Å²) >= 11 is 0. The highest BCUT2D eigenvalue weighted by molar-refractivity contribution is 5.93. The quantitative estimate of drug-likeness (QED) is 0.850. The fourth-order valence-corrected chi connectivity index (χ4v) is 2.00. The average Bonchev–Trinajstić information content (AvgIpc) is 3.01. The number of hydrogen-bond acceptors (Lipinski definition) is 5. The lowest BCUT2D eigenvalue weighted by atomic mass is 10.2. The highest BCUT2D eigenvalue weighted by atomic mass is 16.5. The normalized spacial score (nSPS) is 11.8. The molecule has 1 aromatic heterocycles. The monoisotopic (exact) mass is 304 g/mol. The van der Waals surface area contributed by atoms with E-state index < -0.39 is 0 Å². The number of aryl methyl sites for hydroxylation is 1. The number of carbonyl (C=O) groups is 1. The molecule has 1 N–H and O–H groups in total. The van der Waals surface area contributed by atoms with E-state index in [0.717, 1.165) is 0 Å². The van der Waals surface area contributed by atoms with Gasteiger partial charge in [0.1, 0.15) is 11.9 Å². The molecule has 2 rings (SSSR count). The van der Waals surface area contributed by atoms with Crippen LogP contribution in [0.1, 0.15) is 30.1 Å². The summed E-state index contributed by atoms with van der Waals surface area (Å²) in [6.07, 6.45) is 1.69. The Kier molecular flexibility index (Phi) is 5.41. The van der Waals surface area contributed by atoms with Gasteiger partial charge in [0.25, 0.3) is 5.91 Å². The second-order valence-electron chi connectivity index (χ2n) is 4.77.